The Morgan fingerprint density at radius 1 is 1.28 bits per heavy atom. The van der Waals surface area contributed by atoms with Gasteiger partial charge in [0.15, 0.2) is 0 Å². The molecule has 0 atom stereocenters. The summed E-state index contributed by atoms with van der Waals surface area (Å²) >= 11 is 0. The predicted octanol–water partition coefficient (Wildman–Crippen LogP) is 1.81. The lowest BCUT2D eigenvalue weighted by Gasteiger charge is -2.36. The second-order valence-electron chi connectivity index (χ2n) is 5.20. The van der Waals surface area contributed by atoms with E-state index in [2.05, 4.69) is 23.9 Å². The van der Waals surface area contributed by atoms with Crippen LogP contribution in [0.1, 0.15) is 18.4 Å². The highest BCUT2D eigenvalue weighted by atomic mass is 19.1. The van der Waals surface area contributed by atoms with Gasteiger partial charge in [0, 0.05) is 31.4 Å². The fourth-order valence-corrected chi connectivity index (χ4v) is 2.57. The molecule has 2 rings (SSSR count). The second-order valence-corrected chi connectivity index (χ2v) is 5.20. The van der Waals surface area contributed by atoms with Crippen LogP contribution in [-0.4, -0.2) is 38.1 Å². The van der Waals surface area contributed by atoms with E-state index >= 15 is 0 Å². The minimum Gasteiger partial charge on any atom is -0.371 e. The van der Waals surface area contributed by atoms with E-state index in [-0.39, 0.29) is 5.82 Å². The van der Waals surface area contributed by atoms with Crippen LogP contribution in [0.3, 0.4) is 0 Å². The summed E-state index contributed by atoms with van der Waals surface area (Å²) in [6.07, 6.45) is 2.25. The summed E-state index contributed by atoms with van der Waals surface area (Å²) in [6, 6.07) is 5.76. The molecule has 18 heavy (non-hydrogen) atoms. The number of hydrogen-bond acceptors (Lipinski definition) is 3. The standard InChI is InChI=1S/C14H22FN3/c1-17(2)13-3-5-18(6-4-13)14-8-11(10-16)7-12(15)9-14/h7-9,13H,3-6,10,16H2,1-2H3. The van der Waals surface area contributed by atoms with Gasteiger partial charge in [0.2, 0.25) is 0 Å². The molecule has 1 saturated heterocycles. The van der Waals surface area contributed by atoms with E-state index < -0.39 is 0 Å². The Morgan fingerprint density at radius 2 is 1.94 bits per heavy atom. The van der Waals surface area contributed by atoms with E-state index in [1.165, 1.54) is 6.07 Å². The third-order valence-corrected chi connectivity index (χ3v) is 3.74. The van der Waals surface area contributed by atoms with Gasteiger partial charge in [-0.15, -0.1) is 0 Å². The summed E-state index contributed by atoms with van der Waals surface area (Å²) in [4.78, 5) is 4.52. The molecule has 0 saturated carbocycles. The average molecular weight is 251 g/mol. The van der Waals surface area contributed by atoms with E-state index in [4.69, 9.17) is 5.73 Å². The molecule has 0 aromatic heterocycles. The van der Waals surface area contributed by atoms with E-state index in [1.807, 2.05) is 6.07 Å². The van der Waals surface area contributed by atoms with Crippen LogP contribution < -0.4 is 10.6 Å². The molecule has 0 bridgehead atoms. The van der Waals surface area contributed by atoms with Gasteiger partial charge in [0.05, 0.1) is 0 Å². The molecule has 1 aliphatic heterocycles. The molecule has 0 unspecified atom stereocenters. The molecule has 4 heteroatoms. The van der Waals surface area contributed by atoms with Gasteiger partial charge in [0.25, 0.3) is 0 Å². The zero-order valence-corrected chi connectivity index (χ0v) is 11.2. The van der Waals surface area contributed by atoms with Crippen LogP contribution in [0.2, 0.25) is 0 Å². The Balaban J connectivity index is 2.07. The Bertz CT molecular complexity index is 398. The Kier molecular flexibility index (Phi) is 4.19. The van der Waals surface area contributed by atoms with Crippen LogP contribution in [0.25, 0.3) is 0 Å². The summed E-state index contributed by atoms with van der Waals surface area (Å²) in [7, 11) is 4.24. The monoisotopic (exact) mass is 251 g/mol. The number of benzene rings is 1. The maximum Gasteiger partial charge on any atom is 0.125 e. The van der Waals surface area contributed by atoms with Gasteiger partial charge in [-0.05, 0) is 50.7 Å². The lowest BCUT2D eigenvalue weighted by Crippen LogP contribution is -2.42. The van der Waals surface area contributed by atoms with Crippen molar-refractivity contribution >= 4 is 5.69 Å². The third kappa shape index (κ3) is 3.00. The van der Waals surface area contributed by atoms with E-state index in [0.29, 0.717) is 12.6 Å². The fourth-order valence-electron chi connectivity index (χ4n) is 2.57. The number of halogens is 1. The lowest BCUT2D eigenvalue weighted by atomic mass is 10.0. The summed E-state index contributed by atoms with van der Waals surface area (Å²) in [5, 5.41) is 0. The molecule has 0 radical (unpaired) electrons. The summed E-state index contributed by atoms with van der Waals surface area (Å²) < 4.78 is 13.5. The van der Waals surface area contributed by atoms with Gasteiger partial charge in [-0.25, -0.2) is 4.39 Å². The molecule has 0 aliphatic carbocycles. The largest absolute Gasteiger partial charge is 0.371 e. The molecule has 100 valence electrons. The maximum atomic E-state index is 13.5. The van der Waals surface area contributed by atoms with Crippen molar-refractivity contribution in [3.05, 3.63) is 29.6 Å². The first-order valence-corrected chi connectivity index (χ1v) is 6.51. The van der Waals surface area contributed by atoms with Gasteiger partial charge in [-0.3, -0.25) is 0 Å². The van der Waals surface area contributed by atoms with Crippen molar-refractivity contribution in [3.63, 3.8) is 0 Å². The summed E-state index contributed by atoms with van der Waals surface area (Å²) in [6.45, 7) is 2.35. The number of anilines is 1. The molecule has 0 spiro atoms. The van der Waals surface area contributed by atoms with Gasteiger partial charge in [-0.2, -0.15) is 0 Å². The van der Waals surface area contributed by atoms with Crippen molar-refractivity contribution < 1.29 is 4.39 Å². The van der Waals surface area contributed by atoms with Crippen molar-refractivity contribution in [2.45, 2.75) is 25.4 Å². The van der Waals surface area contributed by atoms with Crippen molar-refractivity contribution in [2.24, 2.45) is 5.73 Å². The summed E-state index contributed by atoms with van der Waals surface area (Å²) in [5.41, 5.74) is 7.41. The molecular weight excluding hydrogens is 229 g/mol. The van der Waals surface area contributed by atoms with Crippen LogP contribution in [0, 0.1) is 5.82 Å². The van der Waals surface area contributed by atoms with E-state index in [0.717, 1.165) is 37.2 Å². The Labute approximate surface area is 108 Å². The Morgan fingerprint density at radius 3 is 2.50 bits per heavy atom. The third-order valence-electron chi connectivity index (χ3n) is 3.74. The molecule has 1 aromatic rings. The van der Waals surface area contributed by atoms with Crippen LogP contribution >= 0.6 is 0 Å². The summed E-state index contributed by atoms with van der Waals surface area (Å²) in [5.74, 6) is -0.192. The highest BCUT2D eigenvalue weighted by Crippen LogP contribution is 2.23. The lowest BCUT2D eigenvalue weighted by molar-refractivity contribution is 0.249. The van der Waals surface area contributed by atoms with Gasteiger partial charge < -0.3 is 15.5 Å². The highest BCUT2D eigenvalue weighted by Gasteiger charge is 2.21. The van der Waals surface area contributed by atoms with E-state index in [9.17, 15) is 4.39 Å². The second kappa shape index (κ2) is 5.67. The molecule has 1 heterocycles. The molecular formula is C14H22FN3. The molecule has 2 N–H and O–H groups in total. The maximum absolute atomic E-state index is 13.5. The van der Waals surface area contributed by atoms with Crippen LogP contribution in [0.15, 0.2) is 18.2 Å². The van der Waals surface area contributed by atoms with Crippen molar-refractivity contribution in [2.75, 3.05) is 32.1 Å². The van der Waals surface area contributed by atoms with Crippen molar-refractivity contribution in [1.29, 1.82) is 0 Å². The van der Waals surface area contributed by atoms with Crippen molar-refractivity contribution in [3.8, 4) is 0 Å². The number of piperidine rings is 1. The normalized spacial score (nSPS) is 17.5. The van der Waals surface area contributed by atoms with E-state index in [1.54, 1.807) is 6.07 Å². The molecule has 1 aromatic carbocycles. The first kappa shape index (κ1) is 13.3. The highest BCUT2D eigenvalue weighted by molar-refractivity contribution is 5.49. The van der Waals surface area contributed by atoms with Gasteiger partial charge in [-0.1, -0.05) is 0 Å². The number of nitrogens with two attached hydrogens (primary N) is 1. The number of rotatable bonds is 3. The smallest absolute Gasteiger partial charge is 0.125 e. The number of hydrogen-bond donors (Lipinski definition) is 1. The van der Waals surface area contributed by atoms with Crippen molar-refractivity contribution in [1.82, 2.24) is 4.90 Å². The first-order valence-electron chi connectivity index (χ1n) is 6.51. The molecule has 1 aliphatic rings. The minimum atomic E-state index is -0.192. The minimum absolute atomic E-state index is 0.192. The molecule has 1 fully saturated rings. The van der Waals surface area contributed by atoms with Crippen LogP contribution in [0.5, 0.6) is 0 Å². The molecule has 0 amide bonds. The Hall–Kier alpha value is -1.13. The molecule has 3 nitrogen and oxygen atoms in total. The van der Waals surface area contributed by atoms with Crippen LogP contribution in [0.4, 0.5) is 10.1 Å². The topological polar surface area (TPSA) is 32.5 Å². The average Bonchev–Trinajstić information content (AvgIpc) is 2.38. The number of nitrogens with zero attached hydrogens (tertiary/aromatic N) is 2. The SMILES string of the molecule is CN(C)C1CCN(c2cc(F)cc(CN)c2)CC1. The van der Waals surface area contributed by atoms with Gasteiger partial charge >= 0.3 is 0 Å². The zero-order valence-electron chi connectivity index (χ0n) is 11.2. The van der Waals surface area contributed by atoms with Gasteiger partial charge in [0.1, 0.15) is 5.82 Å². The predicted molar refractivity (Wildman–Crippen MR) is 73.2 cm³/mol. The van der Waals surface area contributed by atoms with Crippen LogP contribution in [-0.2, 0) is 6.54 Å². The first-order chi connectivity index (χ1) is 8.60. The fraction of sp³-hybridized carbons (Fsp3) is 0.571. The quantitative estimate of drug-likeness (QED) is 0.889. The zero-order chi connectivity index (χ0) is 13.1.